The van der Waals surface area contributed by atoms with E-state index in [2.05, 4.69) is 20.7 Å². The summed E-state index contributed by atoms with van der Waals surface area (Å²) in [6.45, 7) is 3.95. The Morgan fingerprint density at radius 1 is 1.47 bits per heavy atom. The summed E-state index contributed by atoms with van der Waals surface area (Å²) in [7, 11) is -3.95. The van der Waals surface area contributed by atoms with E-state index >= 15 is 0 Å². The molecular formula is C11H16BrFN2O3S. The van der Waals surface area contributed by atoms with Gasteiger partial charge in [0, 0.05) is 12.2 Å². The number of anilines is 1. The summed E-state index contributed by atoms with van der Waals surface area (Å²) in [5, 5.41) is 0. The summed E-state index contributed by atoms with van der Waals surface area (Å²) in [5.41, 5.74) is 5.67. The molecule has 0 fully saturated rings. The molecule has 8 heteroatoms. The molecule has 108 valence electrons. The summed E-state index contributed by atoms with van der Waals surface area (Å²) < 4.78 is 45.1. The van der Waals surface area contributed by atoms with E-state index in [1.165, 1.54) is 6.07 Å². The van der Waals surface area contributed by atoms with E-state index in [1.54, 1.807) is 0 Å². The third-order valence-corrected chi connectivity index (χ3v) is 4.19. The summed E-state index contributed by atoms with van der Waals surface area (Å²) in [4.78, 5) is -0.482. The molecule has 5 nitrogen and oxygen atoms in total. The topological polar surface area (TPSA) is 81.4 Å². The normalized spacial score (nSPS) is 12.1. The Morgan fingerprint density at radius 3 is 2.68 bits per heavy atom. The Hall–Kier alpha value is -0.700. The number of hydrogen-bond acceptors (Lipinski definition) is 4. The van der Waals surface area contributed by atoms with Crippen LogP contribution in [-0.4, -0.2) is 27.7 Å². The highest BCUT2D eigenvalue weighted by Crippen LogP contribution is 2.25. The molecule has 0 aromatic heterocycles. The number of ether oxygens (including phenoxy) is 1. The van der Waals surface area contributed by atoms with Gasteiger partial charge in [-0.15, -0.1) is 0 Å². The van der Waals surface area contributed by atoms with Crippen LogP contribution in [0.3, 0.4) is 0 Å². The lowest BCUT2D eigenvalue weighted by atomic mass is 10.3. The van der Waals surface area contributed by atoms with Gasteiger partial charge in [-0.05, 0) is 41.9 Å². The van der Waals surface area contributed by atoms with E-state index in [1.807, 2.05) is 13.8 Å². The van der Waals surface area contributed by atoms with E-state index in [4.69, 9.17) is 10.5 Å². The summed E-state index contributed by atoms with van der Waals surface area (Å²) in [5.74, 6) is -0.869. The Labute approximate surface area is 120 Å². The van der Waals surface area contributed by atoms with Gasteiger partial charge in [-0.1, -0.05) is 0 Å². The van der Waals surface area contributed by atoms with Crippen molar-refractivity contribution >= 4 is 31.6 Å². The van der Waals surface area contributed by atoms with Crippen molar-refractivity contribution in [2.75, 3.05) is 18.9 Å². The molecule has 0 aliphatic rings. The smallest absolute Gasteiger partial charge is 0.243 e. The predicted molar refractivity (Wildman–Crippen MR) is 74.8 cm³/mol. The first-order chi connectivity index (χ1) is 8.74. The first-order valence-electron chi connectivity index (χ1n) is 5.60. The maximum Gasteiger partial charge on any atom is 0.243 e. The van der Waals surface area contributed by atoms with Gasteiger partial charge in [0.05, 0.1) is 17.2 Å². The monoisotopic (exact) mass is 354 g/mol. The molecule has 0 atom stereocenters. The molecule has 1 rings (SSSR count). The first kappa shape index (κ1) is 16.4. The molecule has 0 amide bonds. The average molecular weight is 355 g/mol. The molecule has 3 N–H and O–H groups in total. The zero-order valence-corrected chi connectivity index (χ0v) is 13.0. The van der Waals surface area contributed by atoms with Crippen LogP contribution >= 0.6 is 15.9 Å². The first-order valence-corrected chi connectivity index (χ1v) is 7.87. The molecule has 1 aromatic rings. The number of hydrogen-bond donors (Lipinski definition) is 2. The van der Waals surface area contributed by atoms with Gasteiger partial charge < -0.3 is 10.5 Å². The van der Waals surface area contributed by atoms with E-state index in [9.17, 15) is 12.8 Å². The van der Waals surface area contributed by atoms with Crippen LogP contribution in [0.2, 0.25) is 0 Å². The Kier molecular flexibility index (Phi) is 5.72. The number of benzene rings is 1. The van der Waals surface area contributed by atoms with Crippen LogP contribution in [0.5, 0.6) is 0 Å². The fraction of sp³-hybridized carbons (Fsp3) is 0.455. The second-order valence-corrected chi connectivity index (χ2v) is 6.72. The maximum atomic E-state index is 13.8. The lowest BCUT2D eigenvalue weighted by Gasteiger charge is -2.11. The van der Waals surface area contributed by atoms with Crippen molar-refractivity contribution in [2.45, 2.75) is 24.8 Å². The van der Waals surface area contributed by atoms with Crippen molar-refractivity contribution < 1.29 is 17.5 Å². The minimum absolute atomic E-state index is 0.00255. The summed E-state index contributed by atoms with van der Waals surface area (Å²) in [6, 6.07) is 2.38. The number of sulfonamides is 1. The van der Waals surface area contributed by atoms with Crippen molar-refractivity contribution in [1.29, 1.82) is 0 Å². The van der Waals surface area contributed by atoms with Crippen LogP contribution in [0.4, 0.5) is 10.1 Å². The van der Waals surface area contributed by atoms with Gasteiger partial charge in [0.2, 0.25) is 10.0 Å². The summed E-state index contributed by atoms with van der Waals surface area (Å²) >= 11 is 2.92. The van der Waals surface area contributed by atoms with Crippen molar-refractivity contribution in [1.82, 2.24) is 4.72 Å². The number of rotatable bonds is 6. The number of nitrogens with one attached hydrogen (secondary N) is 1. The second kappa shape index (κ2) is 6.65. The molecule has 0 radical (unpaired) electrons. The largest absolute Gasteiger partial charge is 0.399 e. The molecule has 0 unspecified atom stereocenters. The van der Waals surface area contributed by atoms with E-state index in [0.29, 0.717) is 0 Å². The van der Waals surface area contributed by atoms with Crippen molar-refractivity contribution in [3.8, 4) is 0 Å². The van der Waals surface area contributed by atoms with Gasteiger partial charge in [0.1, 0.15) is 4.90 Å². The van der Waals surface area contributed by atoms with Gasteiger partial charge in [-0.25, -0.2) is 17.5 Å². The zero-order valence-electron chi connectivity index (χ0n) is 10.6. The van der Waals surface area contributed by atoms with Crippen LogP contribution in [0.25, 0.3) is 0 Å². The SMILES string of the molecule is CC(C)OCCNS(=O)(=O)c1cc(N)cc(Br)c1F. The van der Waals surface area contributed by atoms with Crippen molar-refractivity contribution in [3.05, 3.63) is 22.4 Å². The van der Waals surface area contributed by atoms with Gasteiger partial charge in [0.25, 0.3) is 0 Å². The number of nitrogen functional groups attached to an aromatic ring is 1. The van der Waals surface area contributed by atoms with Crippen LogP contribution in [0.1, 0.15) is 13.8 Å². The van der Waals surface area contributed by atoms with Gasteiger partial charge in [-0.3, -0.25) is 0 Å². The minimum Gasteiger partial charge on any atom is -0.399 e. The highest BCUT2D eigenvalue weighted by Gasteiger charge is 2.21. The number of nitrogens with two attached hydrogens (primary N) is 1. The predicted octanol–water partition coefficient (Wildman–Crippen LogP) is 1.87. The fourth-order valence-corrected chi connectivity index (χ4v) is 3.08. The lowest BCUT2D eigenvalue weighted by molar-refractivity contribution is 0.0834. The Morgan fingerprint density at radius 2 is 2.11 bits per heavy atom. The highest BCUT2D eigenvalue weighted by molar-refractivity contribution is 9.10. The van der Waals surface area contributed by atoms with Crippen molar-refractivity contribution in [3.63, 3.8) is 0 Å². The zero-order chi connectivity index (χ0) is 14.6. The molecule has 0 aliphatic carbocycles. The van der Waals surface area contributed by atoms with Crippen molar-refractivity contribution in [2.24, 2.45) is 0 Å². The Balaban J connectivity index is 2.83. The quantitative estimate of drug-likeness (QED) is 0.603. The molecule has 0 saturated carbocycles. The molecule has 0 bridgehead atoms. The molecule has 0 heterocycles. The third kappa shape index (κ3) is 4.72. The fourth-order valence-electron chi connectivity index (χ4n) is 1.33. The summed E-state index contributed by atoms with van der Waals surface area (Å²) in [6.07, 6.45) is 0.00255. The average Bonchev–Trinajstić information content (AvgIpc) is 2.29. The van der Waals surface area contributed by atoms with Crippen LogP contribution in [0.15, 0.2) is 21.5 Å². The third-order valence-electron chi connectivity index (χ3n) is 2.15. The maximum absolute atomic E-state index is 13.8. The highest BCUT2D eigenvalue weighted by atomic mass is 79.9. The second-order valence-electron chi connectivity index (χ2n) is 4.13. The minimum atomic E-state index is -3.95. The molecule has 1 aromatic carbocycles. The van der Waals surface area contributed by atoms with Gasteiger partial charge in [0.15, 0.2) is 5.82 Å². The molecule has 0 aliphatic heterocycles. The van der Waals surface area contributed by atoms with E-state index < -0.39 is 20.7 Å². The van der Waals surface area contributed by atoms with E-state index in [0.717, 1.165) is 6.07 Å². The Bertz CT molecular complexity index is 549. The van der Waals surface area contributed by atoms with Crippen LogP contribution < -0.4 is 10.5 Å². The van der Waals surface area contributed by atoms with E-state index in [-0.39, 0.29) is 29.4 Å². The molecule has 19 heavy (non-hydrogen) atoms. The van der Waals surface area contributed by atoms with Gasteiger partial charge >= 0.3 is 0 Å². The standard InChI is InChI=1S/C11H16BrFN2O3S/c1-7(2)18-4-3-15-19(16,17)10-6-8(14)5-9(12)11(10)13/h5-7,15H,3-4,14H2,1-2H3. The lowest BCUT2D eigenvalue weighted by Crippen LogP contribution is -2.29. The van der Waals surface area contributed by atoms with Crippen LogP contribution in [0, 0.1) is 5.82 Å². The number of halogens is 2. The molecule has 0 saturated heterocycles. The van der Waals surface area contributed by atoms with Gasteiger partial charge in [-0.2, -0.15) is 0 Å². The molecular weight excluding hydrogens is 339 g/mol. The van der Waals surface area contributed by atoms with Crippen LogP contribution in [-0.2, 0) is 14.8 Å². The molecule has 0 spiro atoms.